The summed E-state index contributed by atoms with van der Waals surface area (Å²) in [6.07, 6.45) is 1.16. The zero-order valence-electron chi connectivity index (χ0n) is 8.56. The number of oxime groups is 1. The molecular formula is C10H11F2NO3. The minimum atomic E-state index is -2.91. The minimum absolute atomic E-state index is 0.0491. The third kappa shape index (κ3) is 3.38. The highest BCUT2D eigenvalue weighted by Crippen LogP contribution is 2.29. The van der Waals surface area contributed by atoms with Crippen molar-refractivity contribution in [1.82, 2.24) is 0 Å². The van der Waals surface area contributed by atoms with E-state index < -0.39 is 6.61 Å². The van der Waals surface area contributed by atoms with Crippen molar-refractivity contribution < 1.29 is 23.5 Å². The van der Waals surface area contributed by atoms with Gasteiger partial charge in [-0.2, -0.15) is 8.78 Å². The summed E-state index contributed by atoms with van der Waals surface area (Å²) in [6, 6.07) is 4.25. The summed E-state index contributed by atoms with van der Waals surface area (Å²) in [7, 11) is 0. The van der Waals surface area contributed by atoms with Gasteiger partial charge in [-0.25, -0.2) is 0 Å². The van der Waals surface area contributed by atoms with E-state index in [1.165, 1.54) is 18.2 Å². The largest absolute Gasteiger partial charge is 0.490 e. The van der Waals surface area contributed by atoms with Crippen molar-refractivity contribution in [2.45, 2.75) is 13.5 Å². The molecule has 0 saturated carbocycles. The molecule has 0 aromatic heterocycles. The fraction of sp³-hybridized carbons (Fsp3) is 0.300. The second kappa shape index (κ2) is 5.89. The number of hydrogen-bond acceptors (Lipinski definition) is 4. The van der Waals surface area contributed by atoms with Crippen LogP contribution in [-0.4, -0.2) is 24.6 Å². The molecule has 1 aromatic rings. The zero-order valence-corrected chi connectivity index (χ0v) is 8.56. The molecule has 0 heterocycles. The average molecular weight is 231 g/mol. The molecule has 1 N–H and O–H groups in total. The Morgan fingerprint density at radius 3 is 2.75 bits per heavy atom. The maximum Gasteiger partial charge on any atom is 0.387 e. The Labute approximate surface area is 91.1 Å². The Hall–Kier alpha value is -1.85. The van der Waals surface area contributed by atoms with Gasteiger partial charge in [0.25, 0.3) is 0 Å². The van der Waals surface area contributed by atoms with Gasteiger partial charge in [0, 0.05) is 5.56 Å². The molecule has 1 rings (SSSR count). The molecular weight excluding hydrogens is 220 g/mol. The third-order valence-corrected chi connectivity index (χ3v) is 1.69. The van der Waals surface area contributed by atoms with Crippen molar-refractivity contribution in [3.63, 3.8) is 0 Å². The summed E-state index contributed by atoms with van der Waals surface area (Å²) in [5, 5.41) is 11.2. The number of benzene rings is 1. The van der Waals surface area contributed by atoms with Gasteiger partial charge in [-0.3, -0.25) is 0 Å². The number of nitrogens with zero attached hydrogens (tertiary/aromatic N) is 1. The molecule has 0 saturated heterocycles. The van der Waals surface area contributed by atoms with Gasteiger partial charge in [-0.15, -0.1) is 0 Å². The normalized spacial score (nSPS) is 11.0. The van der Waals surface area contributed by atoms with Gasteiger partial charge in [-0.05, 0) is 25.1 Å². The summed E-state index contributed by atoms with van der Waals surface area (Å²) < 4.78 is 33.5. The molecule has 0 aliphatic heterocycles. The lowest BCUT2D eigenvalue weighted by molar-refractivity contribution is -0.0514. The van der Waals surface area contributed by atoms with Crippen LogP contribution in [0, 0.1) is 0 Å². The highest BCUT2D eigenvalue weighted by atomic mass is 19.3. The van der Waals surface area contributed by atoms with E-state index >= 15 is 0 Å². The average Bonchev–Trinajstić information content (AvgIpc) is 2.22. The Kier molecular flexibility index (Phi) is 4.50. The molecule has 4 nitrogen and oxygen atoms in total. The molecule has 0 atom stereocenters. The van der Waals surface area contributed by atoms with Gasteiger partial charge in [0.1, 0.15) is 0 Å². The standard InChI is InChI=1S/C10H11F2NO3/c1-2-15-9-5-7(6-13-14)3-4-8(9)16-10(11)12/h3-6,10,14H,2H2,1H3/b13-6+. The summed E-state index contributed by atoms with van der Waals surface area (Å²) in [5.74, 6) is 0.132. The number of rotatable bonds is 5. The second-order valence-electron chi connectivity index (χ2n) is 2.76. The first-order valence-electron chi connectivity index (χ1n) is 4.56. The number of alkyl halides is 2. The molecule has 1 aromatic carbocycles. The SMILES string of the molecule is CCOc1cc(/C=N/O)ccc1OC(F)F. The van der Waals surface area contributed by atoms with Crippen LogP contribution in [0.25, 0.3) is 0 Å². The fourth-order valence-corrected chi connectivity index (χ4v) is 1.13. The quantitative estimate of drug-likeness (QED) is 0.481. The highest BCUT2D eigenvalue weighted by Gasteiger charge is 2.10. The van der Waals surface area contributed by atoms with E-state index in [4.69, 9.17) is 9.94 Å². The van der Waals surface area contributed by atoms with Crippen LogP contribution in [0.2, 0.25) is 0 Å². The van der Waals surface area contributed by atoms with Crippen LogP contribution in [0.3, 0.4) is 0 Å². The molecule has 0 unspecified atom stereocenters. The van der Waals surface area contributed by atoms with Crippen LogP contribution < -0.4 is 9.47 Å². The number of halogens is 2. The van der Waals surface area contributed by atoms with E-state index in [0.29, 0.717) is 12.2 Å². The lowest BCUT2D eigenvalue weighted by Crippen LogP contribution is -2.04. The van der Waals surface area contributed by atoms with Crippen LogP contribution in [0.4, 0.5) is 8.78 Å². The molecule has 0 spiro atoms. The zero-order chi connectivity index (χ0) is 12.0. The summed E-state index contributed by atoms with van der Waals surface area (Å²) in [4.78, 5) is 0. The van der Waals surface area contributed by atoms with Crippen molar-refractivity contribution in [3.05, 3.63) is 23.8 Å². The first kappa shape index (κ1) is 12.2. The fourth-order valence-electron chi connectivity index (χ4n) is 1.13. The van der Waals surface area contributed by atoms with Gasteiger partial charge in [0.05, 0.1) is 12.8 Å². The monoisotopic (exact) mass is 231 g/mol. The highest BCUT2D eigenvalue weighted by molar-refractivity contribution is 5.80. The predicted molar refractivity (Wildman–Crippen MR) is 53.6 cm³/mol. The number of hydrogen-bond donors (Lipinski definition) is 1. The molecule has 88 valence electrons. The summed E-state index contributed by atoms with van der Waals surface area (Å²) >= 11 is 0. The minimum Gasteiger partial charge on any atom is -0.490 e. The Balaban J connectivity index is 2.98. The smallest absolute Gasteiger partial charge is 0.387 e. The molecule has 0 amide bonds. The Morgan fingerprint density at radius 1 is 1.44 bits per heavy atom. The van der Waals surface area contributed by atoms with E-state index in [0.717, 1.165) is 6.21 Å². The van der Waals surface area contributed by atoms with E-state index in [1.807, 2.05) is 0 Å². The molecule has 0 radical (unpaired) electrons. The first-order chi connectivity index (χ1) is 7.67. The van der Waals surface area contributed by atoms with Crippen molar-refractivity contribution in [1.29, 1.82) is 0 Å². The first-order valence-corrected chi connectivity index (χ1v) is 4.56. The predicted octanol–water partition coefficient (Wildman–Crippen LogP) is 2.49. The second-order valence-corrected chi connectivity index (χ2v) is 2.76. The van der Waals surface area contributed by atoms with Gasteiger partial charge in [0.2, 0.25) is 0 Å². The lowest BCUT2D eigenvalue weighted by Gasteiger charge is -2.11. The van der Waals surface area contributed by atoms with Crippen LogP contribution in [0.15, 0.2) is 23.4 Å². The maximum atomic E-state index is 12.0. The summed E-state index contributed by atoms with van der Waals surface area (Å²) in [5.41, 5.74) is 0.521. The van der Waals surface area contributed by atoms with Gasteiger partial charge in [-0.1, -0.05) is 5.16 Å². The van der Waals surface area contributed by atoms with Gasteiger partial charge < -0.3 is 14.7 Å². The molecule has 6 heteroatoms. The lowest BCUT2D eigenvalue weighted by atomic mass is 10.2. The van der Waals surface area contributed by atoms with Crippen LogP contribution in [0.5, 0.6) is 11.5 Å². The maximum absolute atomic E-state index is 12.0. The van der Waals surface area contributed by atoms with E-state index in [2.05, 4.69) is 9.89 Å². The third-order valence-electron chi connectivity index (χ3n) is 1.69. The summed E-state index contributed by atoms with van der Waals surface area (Å²) in [6.45, 7) is -0.866. The Morgan fingerprint density at radius 2 is 2.19 bits per heavy atom. The van der Waals surface area contributed by atoms with Crippen molar-refractivity contribution >= 4 is 6.21 Å². The van der Waals surface area contributed by atoms with Crippen LogP contribution in [0.1, 0.15) is 12.5 Å². The molecule has 0 bridgehead atoms. The molecule has 16 heavy (non-hydrogen) atoms. The van der Waals surface area contributed by atoms with Crippen molar-refractivity contribution in [2.24, 2.45) is 5.16 Å². The topological polar surface area (TPSA) is 51.0 Å². The molecule has 0 aliphatic carbocycles. The molecule has 0 fully saturated rings. The van der Waals surface area contributed by atoms with E-state index in [9.17, 15) is 8.78 Å². The van der Waals surface area contributed by atoms with Crippen molar-refractivity contribution in [3.8, 4) is 11.5 Å². The Bertz CT molecular complexity index is 369. The molecule has 0 aliphatic rings. The van der Waals surface area contributed by atoms with Gasteiger partial charge >= 0.3 is 6.61 Å². The van der Waals surface area contributed by atoms with Crippen molar-refractivity contribution in [2.75, 3.05) is 6.61 Å². The van der Waals surface area contributed by atoms with E-state index in [-0.39, 0.29) is 11.5 Å². The van der Waals surface area contributed by atoms with Crippen LogP contribution in [-0.2, 0) is 0 Å². The number of ether oxygens (including phenoxy) is 2. The van der Waals surface area contributed by atoms with Crippen LogP contribution >= 0.6 is 0 Å². The van der Waals surface area contributed by atoms with Gasteiger partial charge in [0.15, 0.2) is 11.5 Å². The van der Waals surface area contributed by atoms with E-state index in [1.54, 1.807) is 6.92 Å².